The van der Waals surface area contributed by atoms with Crippen LogP contribution in [0.2, 0.25) is 0 Å². The normalized spacial score (nSPS) is 13.3. The van der Waals surface area contributed by atoms with Gasteiger partial charge in [0.1, 0.15) is 37.3 Å². The first kappa shape index (κ1) is 69.8. The van der Waals surface area contributed by atoms with E-state index in [1.54, 1.807) is 6.92 Å². The van der Waals surface area contributed by atoms with E-state index in [1.165, 1.54) is 173 Å². The van der Waals surface area contributed by atoms with Gasteiger partial charge in [-0.3, -0.25) is 14.2 Å². The van der Waals surface area contributed by atoms with Gasteiger partial charge in [0.25, 0.3) is 7.82 Å². The van der Waals surface area contributed by atoms with E-state index in [4.69, 9.17) is 29.9 Å². The lowest BCUT2D eigenvalue weighted by atomic mass is 10.0. The Morgan fingerprint density at radius 1 is 0.403 bits per heavy atom. The van der Waals surface area contributed by atoms with E-state index in [0.29, 0.717) is 12.2 Å². The molecular weight excluding hydrogens is 880 g/mol. The van der Waals surface area contributed by atoms with Gasteiger partial charge in [-0.2, -0.15) is 0 Å². The molecule has 0 aliphatic carbocycles. The topological polar surface area (TPSA) is 229 Å². The lowest BCUT2D eigenvalue weighted by Crippen LogP contribution is -2.26. The van der Waals surface area contributed by atoms with Crippen molar-refractivity contribution >= 4 is 25.5 Å². The zero-order valence-electron chi connectivity index (χ0n) is 43.3. The summed E-state index contributed by atoms with van der Waals surface area (Å²) in [6, 6.07) is 0. The van der Waals surface area contributed by atoms with Gasteiger partial charge in [0.05, 0.1) is 26.4 Å². The van der Waals surface area contributed by atoms with E-state index in [1.807, 2.05) is 0 Å². The number of hydrogen-bond acceptors (Lipinski definition) is 14. The van der Waals surface area contributed by atoms with Gasteiger partial charge in [-0.15, -0.1) is 0 Å². The zero-order chi connectivity index (χ0) is 50.5. The third kappa shape index (κ3) is 62.5. The Hall–Kier alpha value is -1.48. The minimum absolute atomic E-state index is 0.104. The number of aliphatic hydroxyl groups is 5. The van der Waals surface area contributed by atoms with Gasteiger partial charge >= 0.3 is 11.9 Å². The smallest absolute Gasteiger partial charge is 0.305 e. The molecule has 0 bridgehead atoms. The minimum Gasteiger partial charge on any atom is -0.756 e. The number of Topliss-reactive ketones (excluding diaryl/α,β-unsaturated/α-hetero) is 1. The van der Waals surface area contributed by atoms with Gasteiger partial charge in [-0.25, -0.2) is 0 Å². The van der Waals surface area contributed by atoms with E-state index >= 15 is 0 Å². The average molecular weight is 984 g/mol. The van der Waals surface area contributed by atoms with Crippen LogP contribution in [-0.4, -0.2) is 101 Å². The highest BCUT2D eigenvalue weighted by Gasteiger charge is 2.17. The number of hydrogen-bond donors (Lipinski definition) is 5. The fourth-order valence-corrected chi connectivity index (χ4v) is 7.76. The van der Waals surface area contributed by atoms with Gasteiger partial charge in [-0.1, -0.05) is 213 Å². The molecule has 0 spiro atoms. The predicted molar refractivity (Wildman–Crippen MR) is 268 cm³/mol. The standard InChI is InChI=1S/C20H41O9P.C17H34O4.C15H30O/c1-2-3-4-5-6-7-8-9-10-11-12-13-20(24)27-15-19(23)17-29-30(25,26)28-16-18(22)14-21;1-2-3-4-5-6-7-8-9-10-11-12-13-17(20)21-15-16(19)14-18;1-3-4-5-6-7-8-9-10-11-12-13-14-15(2)16/h18-19,21-23H,2-17H2,1H3,(H,25,26);16,18-19H,2-15H2,1H3;3-14H2,1-2H3/p-1/t18?,19-;;/m1../s1. The van der Waals surface area contributed by atoms with E-state index in [0.717, 1.165) is 44.9 Å². The molecule has 5 N–H and O–H groups in total. The van der Waals surface area contributed by atoms with Gasteiger partial charge in [0.15, 0.2) is 0 Å². The first-order chi connectivity index (χ1) is 32.3. The van der Waals surface area contributed by atoms with Crippen molar-refractivity contribution < 1.29 is 67.9 Å². The van der Waals surface area contributed by atoms with Crippen LogP contribution in [0.4, 0.5) is 0 Å². The fourth-order valence-electron chi connectivity index (χ4n) is 6.97. The second-order valence-electron chi connectivity index (χ2n) is 18.3. The Kier molecular flexibility index (Phi) is 57.7. The highest BCUT2D eigenvalue weighted by atomic mass is 31.2. The summed E-state index contributed by atoms with van der Waals surface area (Å²) in [5.41, 5.74) is 0. The number of phosphoric ester groups is 1. The van der Waals surface area contributed by atoms with E-state index in [2.05, 4.69) is 29.8 Å². The summed E-state index contributed by atoms with van der Waals surface area (Å²) >= 11 is 0. The largest absolute Gasteiger partial charge is 0.756 e. The summed E-state index contributed by atoms with van der Waals surface area (Å²) in [6.45, 7) is 5.61. The van der Waals surface area contributed by atoms with Crippen molar-refractivity contribution in [1.29, 1.82) is 0 Å². The predicted octanol–water partition coefficient (Wildman–Crippen LogP) is 11.3. The van der Waals surface area contributed by atoms with Crippen LogP contribution >= 0.6 is 7.82 Å². The number of rotatable bonds is 48. The number of phosphoric acid groups is 1. The lowest BCUT2D eigenvalue weighted by Gasteiger charge is -2.24. The molecule has 0 fully saturated rings. The first-order valence-corrected chi connectivity index (χ1v) is 28.4. The SMILES string of the molecule is CCCCCCCCCCCCCC(=O)OCC(O)CO.CCCCCCCCCCCCCC(=O)OC[C@@H](O)COP(=O)([O-])OCC(O)CO.CCCCCCCCCCCCCC(C)=O. The van der Waals surface area contributed by atoms with E-state index in [-0.39, 0.29) is 32.2 Å². The number of ether oxygens (including phenoxy) is 2. The monoisotopic (exact) mass is 984 g/mol. The molecule has 0 saturated heterocycles. The molecule has 0 amide bonds. The van der Waals surface area contributed by atoms with Crippen LogP contribution < -0.4 is 4.89 Å². The summed E-state index contributed by atoms with van der Waals surface area (Å²) in [5.74, 6) is -0.382. The van der Waals surface area contributed by atoms with Crippen LogP contribution in [-0.2, 0) is 37.5 Å². The molecule has 67 heavy (non-hydrogen) atoms. The maximum Gasteiger partial charge on any atom is 0.305 e. The molecule has 0 aromatic carbocycles. The van der Waals surface area contributed by atoms with Crippen molar-refractivity contribution in [1.82, 2.24) is 0 Å². The Morgan fingerprint density at radius 2 is 0.642 bits per heavy atom. The second-order valence-corrected chi connectivity index (χ2v) is 19.7. The summed E-state index contributed by atoms with van der Waals surface area (Å²) in [4.78, 5) is 45.1. The quantitative estimate of drug-likeness (QED) is 0.0217. The maximum atomic E-state index is 11.7. The van der Waals surface area contributed by atoms with Crippen LogP contribution in [0.1, 0.15) is 259 Å². The highest BCUT2D eigenvalue weighted by Crippen LogP contribution is 2.38. The zero-order valence-corrected chi connectivity index (χ0v) is 44.2. The third-order valence-electron chi connectivity index (χ3n) is 11.2. The summed E-state index contributed by atoms with van der Waals surface area (Å²) in [7, 11) is -4.72. The van der Waals surface area contributed by atoms with Crippen molar-refractivity contribution in [2.24, 2.45) is 0 Å². The summed E-state index contributed by atoms with van der Waals surface area (Å²) in [6.07, 6.45) is 39.5. The van der Waals surface area contributed by atoms with Crippen LogP contribution in [0.25, 0.3) is 0 Å². The molecule has 0 aromatic rings. The van der Waals surface area contributed by atoms with Crippen LogP contribution in [0, 0.1) is 0 Å². The van der Waals surface area contributed by atoms with E-state index in [9.17, 15) is 28.9 Å². The average Bonchev–Trinajstić information content (AvgIpc) is 3.31. The minimum atomic E-state index is -4.72. The van der Waals surface area contributed by atoms with Crippen LogP contribution in [0.15, 0.2) is 0 Å². The van der Waals surface area contributed by atoms with Crippen molar-refractivity contribution in [3.05, 3.63) is 0 Å². The number of aliphatic hydroxyl groups excluding tert-OH is 5. The number of ketones is 1. The third-order valence-corrected chi connectivity index (χ3v) is 12.2. The number of carbonyl (C=O) groups excluding carboxylic acids is 3. The van der Waals surface area contributed by atoms with E-state index < -0.39 is 51.9 Å². The molecule has 14 nitrogen and oxygen atoms in total. The first-order valence-electron chi connectivity index (χ1n) is 26.9. The molecule has 0 aromatic heterocycles. The molecule has 0 aliphatic rings. The molecule has 0 saturated carbocycles. The van der Waals surface area contributed by atoms with Crippen LogP contribution in [0.5, 0.6) is 0 Å². The maximum absolute atomic E-state index is 11.7. The molecule has 402 valence electrons. The van der Waals surface area contributed by atoms with Crippen molar-refractivity contribution in [3.8, 4) is 0 Å². The number of carbonyl (C=O) groups is 3. The lowest BCUT2D eigenvalue weighted by molar-refractivity contribution is -0.229. The molecular formula is C52H104O14P-. The summed E-state index contributed by atoms with van der Waals surface area (Å²) in [5, 5.41) is 44.9. The molecule has 3 unspecified atom stereocenters. The Labute approximate surface area is 409 Å². The Morgan fingerprint density at radius 3 is 0.925 bits per heavy atom. The highest BCUT2D eigenvalue weighted by molar-refractivity contribution is 7.45. The number of esters is 2. The molecule has 4 atom stereocenters. The van der Waals surface area contributed by atoms with Crippen molar-refractivity contribution in [3.63, 3.8) is 0 Å². The van der Waals surface area contributed by atoms with Crippen molar-refractivity contribution in [2.75, 3.05) is 39.6 Å². The number of unbranched alkanes of at least 4 members (excludes halogenated alkanes) is 30. The second kappa shape index (κ2) is 55.4. The molecule has 0 aliphatic heterocycles. The molecule has 0 heterocycles. The van der Waals surface area contributed by atoms with Gasteiger partial charge < -0.3 is 53.7 Å². The van der Waals surface area contributed by atoms with Gasteiger partial charge in [-0.05, 0) is 26.2 Å². The Balaban J connectivity index is -0.000000968. The molecule has 15 heteroatoms. The van der Waals surface area contributed by atoms with Crippen molar-refractivity contribution in [2.45, 2.75) is 277 Å². The molecule has 0 rings (SSSR count). The fraction of sp³-hybridized carbons (Fsp3) is 0.942. The van der Waals surface area contributed by atoms with Gasteiger partial charge in [0.2, 0.25) is 0 Å². The summed E-state index contributed by atoms with van der Waals surface area (Å²) < 4.78 is 29.9. The Bertz CT molecular complexity index is 1100. The van der Waals surface area contributed by atoms with Crippen LogP contribution in [0.3, 0.4) is 0 Å². The molecule has 0 radical (unpaired) electrons. The van der Waals surface area contributed by atoms with Gasteiger partial charge in [0, 0.05) is 19.3 Å².